The van der Waals surface area contributed by atoms with E-state index in [2.05, 4.69) is 5.10 Å². The molecule has 6 nitrogen and oxygen atoms in total. The summed E-state index contributed by atoms with van der Waals surface area (Å²) in [7, 11) is 1.41. The molecule has 0 aliphatic rings. The first-order valence-electron chi connectivity index (χ1n) is 8.07. The summed E-state index contributed by atoms with van der Waals surface area (Å²) in [5, 5.41) is 13.2. The minimum Gasteiger partial charge on any atom is -0.480 e. The second-order valence-corrected chi connectivity index (χ2v) is 6.10. The van der Waals surface area contributed by atoms with E-state index in [9.17, 15) is 23.5 Å². The molecule has 1 heterocycles. The Balaban J connectivity index is 2.18. The number of halogens is 2. The number of hydrogen-bond acceptors (Lipinski definition) is 3. The molecule has 0 bridgehead atoms. The number of aryl methyl sites for hydroxylation is 1. The number of aliphatic carboxylic acids is 1. The van der Waals surface area contributed by atoms with Crippen molar-refractivity contribution in [3.05, 3.63) is 52.8 Å². The summed E-state index contributed by atoms with van der Waals surface area (Å²) >= 11 is 0. The highest BCUT2D eigenvalue weighted by molar-refractivity contribution is 5.85. The predicted molar refractivity (Wildman–Crippen MR) is 91.0 cm³/mol. The van der Waals surface area contributed by atoms with Crippen LogP contribution < -0.4 is 0 Å². The van der Waals surface area contributed by atoms with Crippen LogP contribution in [0.2, 0.25) is 0 Å². The molecule has 140 valence electrons. The smallest absolute Gasteiger partial charge is 0.333 e. The van der Waals surface area contributed by atoms with Crippen LogP contribution in [0.25, 0.3) is 0 Å². The number of carboxylic acid groups (broad SMARTS) is 1. The van der Waals surface area contributed by atoms with Gasteiger partial charge in [0.15, 0.2) is 0 Å². The normalized spacial score (nSPS) is 12.2. The molecular weight excluding hydrogens is 344 g/mol. The second kappa shape index (κ2) is 8.07. The maximum absolute atomic E-state index is 12.9. The number of nitrogens with zero attached hydrogens (tertiary/aromatic N) is 3. The van der Waals surface area contributed by atoms with Crippen LogP contribution in [0.3, 0.4) is 0 Å². The van der Waals surface area contributed by atoms with Gasteiger partial charge < -0.3 is 10.0 Å². The molecule has 0 radical (unpaired) electrons. The number of carboxylic acids is 1. The summed E-state index contributed by atoms with van der Waals surface area (Å²) in [4.78, 5) is 25.3. The maximum atomic E-state index is 12.9. The van der Waals surface area contributed by atoms with Crippen LogP contribution in [0.4, 0.5) is 8.78 Å². The van der Waals surface area contributed by atoms with E-state index in [1.165, 1.54) is 14.0 Å². The van der Waals surface area contributed by atoms with Gasteiger partial charge in [-0.25, -0.2) is 9.48 Å². The lowest BCUT2D eigenvalue weighted by Gasteiger charge is -2.25. The molecule has 0 aliphatic heterocycles. The Morgan fingerprint density at radius 3 is 2.35 bits per heavy atom. The van der Waals surface area contributed by atoms with Gasteiger partial charge in [-0.15, -0.1) is 0 Å². The molecule has 2 aromatic rings. The molecule has 1 atom stereocenters. The molecule has 1 unspecified atom stereocenters. The zero-order valence-corrected chi connectivity index (χ0v) is 14.8. The van der Waals surface area contributed by atoms with Crippen molar-refractivity contribution in [1.82, 2.24) is 14.7 Å². The van der Waals surface area contributed by atoms with E-state index in [0.717, 1.165) is 10.5 Å². The fourth-order valence-corrected chi connectivity index (χ4v) is 2.82. The summed E-state index contributed by atoms with van der Waals surface area (Å²) in [6.07, 6.45) is -0.0217. The van der Waals surface area contributed by atoms with E-state index in [0.29, 0.717) is 15.9 Å². The van der Waals surface area contributed by atoms with Crippen molar-refractivity contribution in [2.24, 2.45) is 0 Å². The van der Waals surface area contributed by atoms with Gasteiger partial charge in [-0.2, -0.15) is 13.9 Å². The molecule has 8 heteroatoms. The number of hydrogen-bond donors (Lipinski definition) is 1. The molecule has 2 rings (SSSR count). The molecule has 1 aromatic heterocycles. The number of benzene rings is 1. The van der Waals surface area contributed by atoms with Gasteiger partial charge in [0, 0.05) is 24.7 Å². The van der Waals surface area contributed by atoms with Crippen LogP contribution in [0.5, 0.6) is 0 Å². The fourth-order valence-electron chi connectivity index (χ4n) is 2.82. The van der Waals surface area contributed by atoms with Gasteiger partial charge >= 0.3 is 12.5 Å². The lowest BCUT2D eigenvalue weighted by Crippen LogP contribution is -2.44. The van der Waals surface area contributed by atoms with Gasteiger partial charge in [0.1, 0.15) is 6.04 Å². The van der Waals surface area contributed by atoms with Crippen LogP contribution in [0.1, 0.15) is 29.1 Å². The summed E-state index contributed by atoms with van der Waals surface area (Å²) in [6.45, 7) is 0.223. The first kappa shape index (κ1) is 19.6. The van der Waals surface area contributed by atoms with Gasteiger partial charge in [0.25, 0.3) is 0 Å². The fraction of sp³-hybridized carbons (Fsp3) is 0.389. The van der Waals surface area contributed by atoms with Gasteiger partial charge in [0.2, 0.25) is 5.91 Å². The van der Waals surface area contributed by atoms with Crippen molar-refractivity contribution in [3.63, 3.8) is 0 Å². The third-order valence-electron chi connectivity index (χ3n) is 4.41. The van der Waals surface area contributed by atoms with Crippen LogP contribution >= 0.6 is 0 Å². The van der Waals surface area contributed by atoms with E-state index in [4.69, 9.17) is 0 Å². The minimum absolute atomic E-state index is 0.159. The Morgan fingerprint density at radius 1 is 1.23 bits per heavy atom. The number of alkyl halides is 2. The molecule has 0 aliphatic carbocycles. The van der Waals surface area contributed by atoms with Crippen LogP contribution in [0.15, 0.2) is 30.3 Å². The molecule has 0 saturated carbocycles. The standard InChI is InChI=1S/C18H21F2N3O3/c1-11-14(12(2)23(21-11)18(19)20)10-16(24)22(3)15(17(25)26)9-13-7-5-4-6-8-13/h4-8,15,18H,9-10H2,1-3H3,(H,25,26). The Labute approximate surface area is 150 Å². The Morgan fingerprint density at radius 2 is 1.85 bits per heavy atom. The lowest BCUT2D eigenvalue weighted by molar-refractivity contribution is -0.148. The Hall–Kier alpha value is -2.77. The number of likely N-dealkylation sites (N-methyl/N-ethyl adjacent to an activating group) is 1. The van der Waals surface area contributed by atoms with Crippen molar-refractivity contribution < 1.29 is 23.5 Å². The maximum Gasteiger partial charge on any atom is 0.333 e. The molecule has 1 amide bonds. The largest absolute Gasteiger partial charge is 0.480 e. The summed E-state index contributed by atoms with van der Waals surface area (Å²) in [6, 6.07) is 7.93. The lowest BCUT2D eigenvalue weighted by atomic mass is 10.0. The Kier molecular flexibility index (Phi) is 6.07. The highest BCUT2D eigenvalue weighted by Crippen LogP contribution is 2.20. The van der Waals surface area contributed by atoms with Gasteiger partial charge in [-0.1, -0.05) is 30.3 Å². The minimum atomic E-state index is -2.79. The SMILES string of the molecule is Cc1nn(C(F)F)c(C)c1CC(=O)N(C)C(Cc1ccccc1)C(=O)O. The van der Waals surface area contributed by atoms with Crippen molar-refractivity contribution in [2.75, 3.05) is 7.05 Å². The van der Waals surface area contributed by atoms with Crippen molar-refractivity contribution in [3.8, 4) is 0 Å². The van der Waals surface area contributed by atoms with Crippen molar-refractivity contribution >= 4 is 11.9 Å². The predicted octanol–water partition coefficient (Wildman–Crippen LogP) is 2.59. The van der Waals surface area contributed by atoms with Crippen molar-refractivity contribution in [2.45, 2.75) is 39.3 Å². The number of carbonyl (C=O) groups is 2. The van der Waals surface area contributed by atoms with Crippen LogP contribution in [0, 0.1) is 13.8 Å². The summed E-state index contributed by atoms with van der Waals surface area (Å²) in [5.41, 5.74) is 1.72. The molecule has 0 saturated heterocycles. The van der Waals surface area contributed by atoms with Gasteiger partial charge in [0.05, 0.1) is 12.1 Å². The number of aromatic nitrogens is 2. The average molecular weight is 365 g/mol. The number of amides is 1. The third kappa shape index (κ3) is 4.25. The van der Waals surface area contributed by atoms with E-state index in [1.807, 2.05) is 6.07 Å². The molecule has 1 N–H and O–H groups in total. The zero-order valence-electron chi connectivity index (χ0n) is 14.8. The second-order valence-electron chi connectivity index (χ2n) is 6.10. The first-order chi connectivity index (χ1) is 12.2. The van der Waals surface area contributed by atoms with E-state index in [-0.39, 0.29) is 18.5 Å². The first-order valence-corrected chi connectivity index (χ1v) is 8.07. The highest BCUT2D eigenvalue weighted by Gasteiger charge is 2.28. The summed E-state index contributed by atoms with van der Waals surface area (Å²) in [5.74, 6) is -1.59. The molecule has 0 spiro atoms. The number of rotatable bonds is 7. The molecular formula is C18H21F2N3O3. The van der Waals surface area contributed by atoms with E-state index >= 15 is 0 Å². The van der Waals surface area contributed by atoms with Crippen molar-refractivity contribution in [1.29, 1.82) is 0 Å². The molecule has 26 heavy (non-hydrogen) atoms. The van der Waals surface area contributed by atoms with Crippen LogP contribution in [-0.4, -0.2) is 44.8 Å². The van der Waals surface area contributed by atoms with E-state index in [1.54, 1.807) is 31.2 Å². The van der Waals surface area contributed by atoms with Gasteiger partial charge in [-0.3, -0.25) is 4.79 Å². The average Bonchev–Trinajstić information content (AvgIpc) is 2.88. The monoisotopic (exact) mass is 365 g/mol. The summed E-state index contributed by atoms with van der Waals surface area (Å²) < 4.78 is 26.4. The quantitative estimate of drug-likeness (QED) is 0.818. The van der Waals surface area contributed by atoms with Gasteiger partial charge in [-0.05, 0) is 19.4 Å². The molecule has 0 fully saturated rings. The Bertz CT molecular complexity index is 790. The zero-order chi connectivity index (χ0) is 19.4. The number of carbonyl (C=O) groups excluding carboxylic acids is 1. The van der Waals surface area contributed by atoms with Crippen LogP contribution in [-0.2, 0) is 22.4 Å². The highest BCUT2D eigenvalue weighted by atomic mass is 19.3. The van der Waals surface area contributed by atoms with E-state index < -0.39 is 24.5 Å². The molecule has 1 aromatic carbocycles. The third-order valence-corrected chi connectivity index (χ3v) is 4.41. The topological polar surface area (TPSA) is 75.4 Å².